The van der Waals surface area contributed by atoms with Gasteiger partial charge >= 0.3 is 12.3 Å². The van der Waals surface area contributed by atoms with Gasteiger partial charge < -0.3 is 19.7 Å². The number of carbonyl (C=O) groups is 1. The van der Waals surface area contributed by atoms with Gasteiger partial charge in [0.1, 0.15) is 11.3 Å². The maximum absolute atomic E-state index is 12.0. The number of aliphatic hydroxyl groups excluding tert-OH is 1. The summed E-state index contributed by atoms with van der Waals surface area (Å²) in [5, 5.41) is 25.4. The molecule has 224 valence electrons. The zero-order valence-electron chi connectivity index (χ0n) is 23.5. The Balaban J connectivity index is 0.000000255. The smallest absolute Gasteiger partial charge is 0.478 e. The van der Waals surface area contributed by atoms with Crippen molar-refractivity contribution in [1.29, 1.82) is 0 Å². The monoisotopic (exact) mass is 562 g/mol. The van der Waals surface area contributed by atoms with Crippen LogP contribution < -0.4 is 4.74 Å². The number of benzene rings is 1. The average Bonchev–Trinajstić information content (AvgIpc) is 2.83. The highest BCUT2D eigenvalue weighted by Gasteiger charge is 2.45. The second kappa shape index (κ2) is 15.8. The molecular formula is C29H45F3O7. The van der Waals surface area contributed by atoms with E-state index in [1.165, 1.54) is 64.2 Å². The van der Waals surface area contributed by atoms with Crippen LogP contribution in [0.25, 0.3) is 0 Å². The van der Waals surface area contributed by atoms with Crippen molar-refractivity contribution in [2.45, 2.75) is 97.1 Å². The molecule has 0 radical (unpaired) electrons. The van der Waals surface area contributed by atoms with Crippen LogP contribution in [0.1, 0.15) is 88.1 Å². The van der Waals surface area contributed by atoms with E-state index in [4.69, 9.17) is 15.1 Å². The fraction of sp³-hybridized carbons (Fsp3) is 0.759. The molecule has 0 spiro atoms. The predicted octanol–water partition coefficient (Wildman–Crippen LogP) is 6.97. The molecule has 7 nitrogen and oxygen atoms in total. The molecule has 6 unspecified atom stereocenters. The Morgan fingerprint density at radius 3 is 2.31 bits per heavy atom. The number of fused-ring (bicyclic) bond motifs is 1. The van der Waals surface area contributed by atoms with Crippen molar-refractivity contribution < 1.29 is 47.8 Å². The standard InChI is InChI=1S/C18H32O2.C10H9F3O3.CH4O2/c1-12(19)9-10-14-5-4-8-16-13(2)18(15-6-3-7-15)20-11-17(14)16;1-2-6-3-4-8(16-10(11,12)13)7(5-6)9(14)15;1-3-2/h12-19H,3-11H2,1-2H3;3-5H,2H2,1H3,(H,14,15);2H,1H3. The van der Waals surface area contributed by atoms with E-state index in [2.05, 4.69) is 16.5 Å². The highest BCUT2D eigenvalue weighted by Crippen LogP contribution is 2.49. The van der Waals surface area contributed by atoms with Crippen LogP contribution in [0.5, 0.6) is 5.75 Å². The summed E-state index contributed by atoms with van der Waals surface area (Å²) >= 11 is 0. The summed E-state index contributed by atoms with van der Waals surface area (Å²) in [6, 6.07) is 3.58. The van der Waals surface area contributed by atoms with Crippen LogP contribution in [-0.4, -0.2) is 53.7 Å². The zero-order valence-corrected chi connectivity index (χ0v) is 23.5. The number of aliphatic hydroxyl groups is 1. The Morgan fingerprint density at radius 1 is 1.15 bits per heavy atom. The summed E-state index contributed by atoms with van der Waals surface area (Å²) in [4.78, 5) is 14.0. The van der Waals surface area contributed by atoms with Crippen LogP contribution in [-0.2, 0) is 16.0 Å². The number of rotatable bonds is 7. The van der Waals surface area contributed by atoms with Crippen molar-refractivity contribution in [2.75, 3.05) is 13.7 Å². The SMILES string of the molecule is CC(O)CCC1CCCC2C(C)C(C3CCC3)OCC12.CCc1ccc(OC(F)(F)F)c(C(=O)O)c1.COO. The number of aryl methyl sites for hydroxylation is 1. The van der Waals surface area contributed by atoms with E-state index in [9.17, 15) is 23.1 Å². The Kier molecular flexibility index (Phi) is 13.5. The van der Waals surface area contributed by atoms with Gasteiger partial charge in [-0.25, -0.2) is 9.68 Å². The molecule has 2 aliphatic carbocycles. The number of alkyl halides is 3. The number of hydrogen-bond donors (Lipinski definition) is 3. The van der Waals surface area contributed by atoms with E-state index in [1.54, 1.807) is 6.92 Å². The quantitative estimate of drug-likeness (QED) is 0.244. The molecule has 1 aromatic rings. The van der Waals surface area contributed by atoms with E-state index < -0.39 is 23.6 Å². The predicted molar refractivity (Wildman–Crippen MR) is 141 cm³/mol. The molecule has 39 heavy (non-hydrogen) atoms. The minimum atomic E-state index is -4.89. The number of carboxylic acid groups (broad SMARTS) is 1. The van der Waals surface area contributed by atoms with Crippen LogP contribution in [0.4, 0.5) is 13.2 Å². The second-order valence-corrected chi connectivity index (χ2v) is 11.0. The number of ether oxygens (including phenoxy) is 2. The molecule has 1 aromatic carbocycles. The Hall–Kier alpha value is -1.88. The minimum Gasteiger partial charge on any atom is -0.478 e. The summed E-state index contributed by atoms with van der Waals surface area (Å²) < 4.78 is 45.8. The molecule has 1 aliphatic heterocycles. The lowest BCUT2D eigenvalue weighted by Gasteiger charge is -2.51. The Morgan fingerprint density at radius 2 is 1.79 bits per heavy atom. The molecule has 1 saturated heterocycles. The highest BCUT2D eigenvalue weighted by atomic mass is 19.4. The molecule has 3 fully saturated rings. The maximum Gasteiger partial charge on any atom is 0.573 e. The molecule has 3 N–H and O–H groups in total. The van der Waals surface area contributed by atoms with Gasteiger partial charge in [0.25, 0.3) is 0 Å². The summed E-state index contributed by atoms with van der Waals surface area (Å²) in [5.74, 6) is 1.94. The molecule has 0 amide bonds. The molecule has 0 bridgehead atoms. The van der Waals surface area contributed by atoms with E-state index in [-0.39, 0.29) is 6.10 Å². The van der Waals surface area contributed by atoms with Crippen molar-refractivity contribution in [3.8, 4) is 5.75 Å². The topological polar surface area (TPSA) is 105 Å². The molecule has 3 aliphatic rings. The van der Waals surface area contributed by atoms with Crippen molar-refractivity contribution in [3.05, 3.63) is 29.3 Å². The van der Waals surface area contributed by atoms with Gasteiger partial charge in [-0.05, 0) is 92.7 Å². The van der Waals surface area contributed by atoms with Crippen LogP contribution in [0, 0.1) is 29.6 Å². The van der Waals surface area contributed by atoms with Gasteiger partial charge in [0.05, 0.1) is 25.9 Å². The second-order valence-electron chi connectivity index (χ2n) is 11.0. The Labute approximate surface area is 229 Å². The van der Waals surface area contributed by atoms with Gasteiger partial charge in [0, 0.05) is 0 Å². The molecule has 4 rings (SSSR count). The van der Waals surface area contributed by atoms with Crippen LogP contribution >= 0.6 is 0 Å². The summed E-state index contributed by atoms with van der Waals surface area (Å²) in [6.45, 7) is 7.15. The Bertz CT molecular complexity index is 873. The molecule has 1 heterocycles. The third kappa shape index (κ3) is 10.2. The fourth-order valence-corrected chi connectivity index (χ4v) is 6.25. The molecule has 0 aromatic heterocycles. The van der Waals surface area contributed by atoms with E-state index in [0.29, 0.717) is 18.1 Å². The molecular weight excluding hydrogens is 517 g/mol. The van der Waals surface area contributed by atoms with E-state index >= 15 is 0 Å². The molecule has 6 atom stereocenters. The normalized spacial score (nSPS) is 27.5. The molecule has 2 saturated carbocycles. The van der Waals surface area contributed by atoms with Gasteiger partial charge in [-0.3, -0.25) is 5.26 Å². The number of halogens is 3. The lowest BCUT2D eigenvalue weighted by atomic mass is 9.61. The van der Waals surface area contributed by atoms with Gasteiger partial charge in [0.2, 0.25) is 0 Å². The lowest BCUT2D eigenvalue weighted by Crippen LogP contribution is -2.49. The summed E-state index contributed by atoms with van der Waals surface area (Å²) in [5.41, 5.74) is 0.142. The summed E-state index contributed by atoms with van der Waals surface area (Å²) in [6.07, 6.45) is 6.62. The van der Waals surface area contributed by atoms with Gasteiger partial charge in [0.15, 0.2) is 0 Å². The van der Waals surface area contributed by atoms with Gasteiger partial charge in [-0.2, -0.15) is 0 Å². The first-order chi connectivity index (χ1) is 18.4. The van der Waals surface area contributed by atoms with Crippen molar-refractivity contribution in [3.63, 3.8) is 0 Å². The van der Waals surface area contributed by atoms with Crippen LogP contribution in [0.3, 0.4) is 0 Å². The van der Waals surface area contributed by atoms with Crippen molar-refractivity contribution in [2.24, 2.45) is 29.6 Å². The number of aromatic carboxylic acids is 1. The fourth-order valence-electron chi connectivity index (χ4n) is 6.25. The minimum absolute atomic E-state index is 0.139. The first-order valence-corrected chi connectivity index (χ1v) is 14.0. The van der Waals surface area contributed by atoms with E-state index in [1.807, 2.05) is 6.92 Å². The lowest BCUT2D eigenvalue weighted by molar-refractivity contribution is -0.274. The number of hydrogen-bond acceptors (Lipinski definition) is 6. The first kappa shape index (κ1) is 33.3. The first-order valence-electron chi connectivity index (χ1n) is 14.0. The van der Waals surface area contributed by atoms with Crippen molar-refractivity contribution in [1.82, 2.24) is 0 Å². The van der Waals surface area contributed by atoms with Crippen molar-refractivity contribution >= 4 is 5.97 Å². The van der Waals surface area contributed by atoms with Gasteiger partial charge in [-0.15, -0.1) is 13.2 Å². The third-order valence-corrected chi connectivity index (χ3v) is 8.42. The van der Waals surface area contributed by atoms with Crippen LogP contribution in [0.15, 0.2) is 18.2 Å². The zero-order chi connectivity index (χ0) is 29.2. The van der Waals surface area contributed by atoms with Crippen LogP contribution in [0.2, 0.25) is 0 Å². The average molecular weight is 563 g/mol. The molecule has 10 heteroatoms. The van der Waals surface area contributed by atoms with Gasteiger partial charge in [-0.1, -0.05) is 39.2 Å². The largest absolute Gasteiger partial charge is 0.573 e. The third-order valence-electron chi connectivity index (χ3n) is 8.42. The van der Waals surface area contributed by atoms with E-state index in [0.717, 1.165) is 48.7 Å². The maximum atomic E-state index is 12.0. The summed E-state index contributed by atoms with van der Waals surface area (Å²) in [7, 11) is 1.18. The number of carboxylic acids is 1. The highest BCUT2D eigenvalue weighted by molar-refractivity contribution is 5.91.